The molecule has 2 nitrogen and oxygen atoms in total. The van der Waals surface area contributed by atoms with Crippen LogP contribution in [0.3, 0.4) is 0 Å². The third-order valence-corrected chi connectivity index (χ3v) is 4.59. The van der Waals surface area contributed by atoms with Crippen LogP contribution in [0.2, 0.25) is 0 Å². The Balaban J connectivity index is 2.84. The molecule has 0 aliphatic heterocycles. The highest BCUT2D eigenvalue weighted by Gasteiger charge is 2.22. The smallest absolute Gasteiger partial charge is 0.0985 e. The summed E-state index contributed by atoms with van der Waals surface area (Å²) in [5.41, 5.74) is 1.26. The molecule has 0 fully saturated rings. The topological polar surface area (TPSA) is 24.9 Å². The van der Waals surface area contributed by atoms with Crippen LogP contribution < -0.4 is 5.32 Å². The van der Waals surface area contributed by atoms with Gasteiger partial charge in [-0.15, -0.1) is 23.7 Å². The first-order valence-corrected chi connectivity index (χ1v) is 7.24. The second-order valence-corrected chi connectivity index (χ2v) is 6.95. The number of rotatable bonds is 4. The summed E-state index contributed by atoms with van der Waals surface area (Å²) in [5, 5.41) is 4.73. The SMILES string of the molecule is C#CCC(C)NC(C)c1sc(C(C)(C)C)nc1C. The van der Waals surface area contributed by atoms with E-state index < -0.39 is 0 Å². The molecular formula is C15H24N2S. The minimum absolute atomic E-state index is 0.123. The van der Waals surface area contributed by atoms with Crippen molar-refractivity contribution in [2.75, 3.05) is 0 Å². The van der Waals surface area contributed by atoms with Crippen LogP contribution in [0.15, 0.2) is 0 Å². The number of aryl methyl sites for hydroxylation is 1. The van der Waals surface area contributed by atoms with Gasteiger partial charge in [0.05, 0.1) is 10.7 Å². The molecule has 1 aromatic rings. The number of hydrogen-bond donors (Lipinski definition) is 1. The van der Waals surface area contributed by atoms with Crippen molar-refractivity contribution >= 4 is 11.3 Å². The summed E-state index contributed by atoms with van der Waals surface area (Å²) >= 11 is 1.81. The predicted molar refractivity (Wildman–Crippen MR) is 80.0 cm³/mol. The molecule has 0 aliphatic rings. The number of hydrogen-bond acceptors (Lipinski definition) is 3. The summed E-state index contributed by atoms with van der Waals surface area (Å²) in [7, 11) is 0. The van der Waals surface area contributed by atoms with Gasteiger partial charge in [-0.1, -0.05) is 20.8 Å². The Morgan fingerprint density at radius 2 is 2.00 bits per heavy atom. The summed E-state index contributed by atoms with van der Waals surface area (Å²) in [5.74, 6) is 2.69. The van der Waals surface area contributed by atoms with Gasteiger partial charge in [0.15, 0.2) is 0 Å². The molecule has 1 aromatic heterocycles. The van der Waals surface area contributed by atoms with Crippen LogP contribution in [0.5, 0.6) is 0 Å². The number of nitrogens with zero attached hydrogens (tertiary/aromatic N) is 1. The fourth-order valence-electron chi connectivity index (χ4n) is 1.87. The average molecular weight is 264 g/mol. The van der Waals surface area contributed by atoms with E-state index in [-0.39, 0.29) is 5.41 Å². The quantitative estimate of drug-likeness (QED) is 0.836. The zero-order chi connectivity index (χ0) is 13.9. The van der Waals surface area contributed by atoms with Crippen molar-refractivity contribution in [2.24, 2.45) is 0 Å². The monoisotopic (exact) mass is 264 g/mol. The van der Waals surface area contributed by atoms with Crippen molar-refractivity contribution in [1.29, 1.82) is 0 Å². The largest absolute Gasteiger partial charge is 0.306 e. The molecule has 0 bridgehead atoms. The number of aromatic nitrogens is 1. The van der Waals surface area contributed by atoms with Crippen LogP contribution in [-0.4, -0.2) is 11.0 Å². The van der Waals surface area contributed by atoms with Gasteiger partial charge in [0, 0.05) is 28.8 Å². The van der Waals surface area contributed by atoms with Crippen LogP contribution in [-0.2, 0) is 5.41 Å². The van der Waals surface area contributed by atoms with Gasteiger partial charge >= 0.3 is 0 Å². The van der Waals surface area contributed by atoms with E-state index in [1.807, 2.05) is 11.3 Å². The van der Waals surface area contributed by atoms with Crippen molar-refractivity contribution in [3.63, 3.8) is 0 Å². The van der Waals surface area contributed by atoms with Crippen LogP contribution in [0.25, 0.3) is 0 Å². The Bertz CT molecular complexity index is 434. The predicted octanol–water partition coefficient (Wildman–Crippen LogP) is 3.81. The van der Waals surface area contributed by atoms with E-state index in [1.54, 1.807) is 0 Å². The van der Waals surface area contributed by atoms with Gasteiger partial charge in [0.25, 0.3) is 0 Å². The fourth-order valence-corrected chi connectivity index (χ4v) is 3.00. The zero-order valence-electron chi connectivity index (χ0n) is 12.3. The fraction of sp³-hybridized carbons (Fsp3) is 0.667. The lowest BCUT2D eigenvalue weighted by Gasteiger charge is -2.18. The maximum absolute atomic E-state index is 5.34. The van der Waals surface area contributed by atoms with Gasteiger partial charge in [-0.25, -0.2) is 4.98 Å². The summed E-state index contributed by atoms with van der Waals surface area (Å²) in [4.78, 5) is 6.02. The number of terminal acetylenes is 1. The van der Waals surface area contributed by atoms with E-state index in [4.69, 9.17) is 11.4 Å². The first-order chi connectivity index (χ1) is 8.25. The number of nitrogens with one attached hydrogen (secondary N) is 1. The zero-order valence-corrected chi connectivity index (χ0v) is 13.1. The van der Waals surface area contributed by atoms with Crippen LogP contribution in [0.4, 0.5) is 0 Å². The molecule has 100 valence electrons. The van der Waals surface area contributed by atoms with Crippen molar-refractivity contribution < 1.29 is 0 Å². The van der Waals surface area contributed by atoms with E-state index in [2.05, 4.69) is 52.8 Å². The van der Waals surface area contributed by atoms with Gasteiger partial charge in [0.1, 0.15) is 0 Å². The van der Waals surface area contributed by atoms with Gasteiger partial charge in [-0.2, -0.15) is 0 Å². The van der Waals surface area contributed by atoms with Crippen LogP contribution >= 0.6 is 11.3 Å². The highest BCUT2D eigenvalue weighted by Crippen LogP contribution is 2.32. The van der Waals surface area contributed by atoms with E-state index in [1.165, 1.54) is 9.88 Å². The molecule has 2 atom stereocenters. The molecule has 18 heavy (non-hydrogen) atoms. The molecule has 1 heterocycles. The maximum atomic E-state index is 5.34. The van der Waals surface area contributed by atoms with Crippen molar-refractivity contribution in [1.82, 2.24) is 10.3 Å². The lowest BCUT2D eigenvalue weighted by molar-refractivity contribution is 0.489. The molecule has 1 rings (SSSR count). The molecule has 0 amide bonds. The second kappa shape index (κ2) is 5.86. The van der Waals surface area contributed by atoms with Crippen molar-refractivity contribution in [2.45, 2.75) is 65.5 Å². The summed E-state index contributed by atoms with van der Waals surface area (Å²) in [6, 6.07) is 0.645. The molecule has 3 heteroatoms. The normalized spacial score (nSPS) is 15.2. The number of thiazole rings is 1. The Kier molecular flexibility index (Phi) is 4.95. The standard InChI is InChI=1S/C15H24N2S/c1-8-9-10(2)16-11(3)13-12(4)17-14(18-13)15(5,6)7/h1,10-11,16H,9H2,2-7H3. The molecule has 0 radical (unpaired) electrons. The third kappa shape index (κ3) is 3.83. The van der Waals surface area contributed by atoms with Crippen molar-refractivity contribution in [3.8, 4) is 12.3 Å². The van der Waals surface area contributed by atoms with Crippen LogP contribution in [0.1, 0.15) is 62.7 Å². The van der Waals surface area contributed by atoms with E-state index in [0.29, 0.717) is 12.1 Å². The average Bonchev–Trinajstić information content (AvgIpc) is 2.60. The van der Waals surface area contributed by atoms with Gasteiger partial charge in [-0.05, 0) is 20.8 Å². The molecular weight excluding hydrogens is 240 g/mol. The van der Waals surface area contributed by atoms with Gasteiger partial charge in [-0.3, -0.25) is 0 Å². The van der Waals surface area contributed by atoms with Crippen molar-refractivity contribution in [3.05, 3.63) is 15.6 Å². The Morgan fingerprint density at radius 1 is 1.39 bits per heavy atom. The first-order valence-electron chi connectivity index (χ1n) is 6.43. The summed E-state index contributed by atoms with van der Waals surface area (Å²) < 4.78 is 0. The Labute approximate surface area is 115 Å². The molecule has 0 aromatic carbocycles. The lowest BCUT2D eigenvalue weighted by Crippen LogP contribution is -2.28. The molecule has 1 N–H and O–H groups in total. The second-order valence-electron chi connectivity index (χ2n) is 5.92. The van der Waals surface area contributed by atoms with Gasteiger partial charge < -0.3 is 5.32 Å². The van der Waals surface area contributed by atoms with Gasteiger partial charge in [0.2, 0.25) is 0 Å². The maximum Gasteiger partial charge on any atom is 0.0985 e. The minimum atomic E-state index is 0.123. The highest BCUT2D eigenvalue weighted by molar-refractivity contribution is 7.12. The van der Waals surface area contributed by atoms with Crippen LogP contribution in [0, 0.1) is 19.3 Å². The summed E-state index contributed by atoms with van der Waals surface area (Å²) in [6.45, 7) is 13.0. The first kappa shape index (κ1) is 15.2. The highest BCUT2D eigenvalue weighted by atomic mass is 32.1. The Hall–Kier alpha value is -0.850. The Morgan fingerprint density at radius 3 is 2.44 bits per heavy atom. The summed E-state index contributed by atoms with van der Waals surface area (Å²) in [6.07, 6.45) is 6.09. The molecule has 0 saturated heterocycles. The van der Waals surface area contributed by atoms with E-state index in [9.17, 15) is 0 Å². The molecule has 0 saturated carbocycles. The molecule has 0 aliphatic carbocycles. The minimum Gasteiger partial charge on any atom is -0.306 e. The molecule has 0 spiro atoms. The van der Waals surface area contributed by atoms with E-state index >= 15 is 0 Å². The lowest BCUT2D eigenvalue weighted by atomic mass is 9.98. The van der Waals surface area contributed by atoms with E-state index in [0.717, 1.165) is 12.1 Å². The molecule has 2 unspecified atom stereocenters. The third-order valence-electron chi connectivity index (χ3n) is 2.83.